The van der Waals surface area contributed by atoms with Crippen LogP contribution in [0, 0.1) is 0 Å². The number of aryl methyl sites for hydroxylation is 1. The van der Waals surface area contributed by atoms with Crippen LogP contribution in [0.5, 0.6) is 5.75 Å². The first-order valence-electron chi connectivity index (χ1n) is 12.2. The number of alkyl halides is 3. The molecule has 1 aromatic heterocycles. The van der Waals surface area contributed by atoms with Gasteiger partial charge in [0, 0.05) is 22.4 Å². The van der Waals surface area contributed by atoms with E-state index < -0.39 is 23.3 Å². The first-order valence-corrected chi connectivity index (χ1v) is 13.4. The summed E-state index contributed by atoms with van der Waals surface area (Å²) in [4.78, 5) is 30.2. The number of thiazole rings is 1. The van der Waals surface area contributed by atoms with Crippen molar-refractivity contribution in [2.24, 2.45) is 0 Å². The summed E-state index contributed by atoms with van der Waals surface area (Å²) in [6, 6.07) is 9.41. The number of aromatic nitrogens is 1. The number of Topliss-reactive ketones (excluding diaryl/α,β-unsaturated/α-hetero) is 1. The van der Waals surface area contributed by atoms with Crippen molar-refractivity contribution < 1.29 is 32.6 Å². The molecule has 2 aromatic carbocycles. The van der Waals surface area contributed by atoms with Gasteiger partial charge in [0.25, 0.3) is 0 Å². The Hall–Kier alpha value is -2.91. The number of carbonyl (C=O) groups excluding carboxylic acids is 1. The number of aliphatic carboxylic acids is 1. The molecule has 0 amide bonds. The van der Waals surface area contributed by atoms with Gasteiger partial charge >= 0.3 is 12.1 Å². The number of carboxylic acid groups (broad SMARTS) is 1. The van der Waals surface area contributed by atoms with Gasteiger partial charge in [-0.1, -0.05) is 50.9 Å². The highest BCUT2D eigenvalue weighted by molar-refractivity contribution is 7.15. The number of carboxylic acids is 1. The minimum absolute atomic E-state index is 0.0668. The number of ketones is 1. The predicted octanol–water partition coefficient (Wildman–Crippen LogP) is 8.44. The van der Waals surface area contributed by atoms with Crippen molar-refractivity contribution in [1.29, 1.82) is 0 Å². The Labute approximate surface area is 228 Å². The maximum Gasteiger partial charge on any atom is 0.416 e. The lowest BCUT2D eigenvalue weighted by molar-refractivity contribution is -0.154. The van der Waals surface area contributed by atoms with Crippen LogP contribution in [-0.2, 0) is 17.4 Å². The lowest BCUT2D eigenvalue weighted by Crippen LogP contribution is -2.41. The molecule has 1 heterocycles. The third-order valence-corrected chi connectivity index (χ3v) is 7.56. The first-order chi connectivity index (χ1) is 17.7. The minimum atomic E-state index is -4.41. The van der Waals surface area contributed by atoms with Gasteiger partial charge in [0.1, 0.15) is 10.8 Å². The lowest BCUT2D eigenvalue weighted by atomic mass is 10.00. The summed E-state index contributed by atoms with van der Waals surface area (Å²) in [5, 5.41) is 10.3. The van der Waals surface area contributed by atoms with Crippen LogP contribution in [0.15, 0.2) is 42.5 Å². The molecule has 0 aliphatic rings. The minimum Gasteiger partial charge on any atom is -0.478 e. The van der Waals surface area contributed by atoms with E-state index in [9.17, 15) is 27.9 Å². The zero-order valence-corrected chi connectivity index (χ0v) is 23.1. The van der Waals surface area contributed by atoms with Crippen molar-refractivity contribution in [3.63, 3.8) is 0 Å². The highest BCUT2D eigenvalue weighted by Gasteiger charge is 2.35. The molecule has 204 valence electrons. The van der Waals surface area contributed by atoms with Gasteiger partial charge in [-0.15, -0.1) is 11.3 Å². The number of ether oxygens (including phenoxy) is 1. The zero-order valence-electron chi connectivity index (χ0n) is 21.5. The third-order valence-electron chi connectivity index (χ3n) is 6.08. The molecule has 3 aromatic rings. The Morgan fingerprint density at radius 2 is 1.79 bits per heavy atom. The molecule has 5 nitrogen and oxygen atoms in total. The van der Waals surface area contributed by atoms with Crippen molar-refractivity contribution in [2.75, 3.05) is 0 Å². The maximum atomic E-state index is 13.0. The van der Waals surface area contributed by atoms with E-state index in [1.165, 1.54) is 42.5 Å². The van der Waals surface area contributed by atoms with Crippen LogP contribution in [0.4, 0.5) is 13.2 Å². The molecule has 10 heteroatoms. The number of halogens is 4. The number of benzene rings is 2. The molecule has 0 saturated heterocycles. The fourth-order valence-corrected chi connectivity index (χ4v) is 5.41. The molecule has 3 rings (SSSR count). The van der Waals surface area contributed by atoms with Gasteiger partial charge in [0.15, 0.2) is 5.78 Å². The van der Waals surface area contributed by atoms with Crippen LogP contribution < -0.4 is 4.74 Å². The molecule has 0 aliphatic carbocycles. The fraction of sp³-hybridized carbons (Fsp3) is 0.393. The van der Waals surface area contributed by atoms with E-state index >= 15 is 0 Å². The van der Waals surface area contributed by atoms with Crippen LogP contribution >= 0.6 is 22.9 Å². The van der Waals surface area contributed by atoms with E-state index in [1.807, 2.05) is 20.8 Å². The van der Waals surface area contributed by atoms with Crippen molar-refractivity contribution >= 4 is 34.7 Å². The van der Waals surface area contributed by atoms with Crippen LogP contribution in [0.3, 0.4) is 0 Å². The summed E-state index contributed by atoms with van der Waals surface area (Å²) in [5.74, 6) is -1.01. The Morgan fingerprint density at radius 1 is 1.13 bits per heavy atom. The molecule has 0 fully saturated rings. The average Bonchev–Trinajstić information content (AvgIpc) is 3.28. The second-order valence-electron chi connectivity index (χ2n) is 9.51. The Kier molecular flexibility index (Phi) is 9.26. The number of carbonyl (C=O) groups is 2. The summed E-state index contributed by atoms with van der Waals surface area (Å²) in [6.07, 6.45) is -2.93. The number of rotatable bonds is 11. The lowest BCUT2D eigenvalue weighted by Gasteiger charge is -2.26. The van der Waals surface area contributed by atoms with Gasteiger partial charge in [-0.05, 0) is 56.0 Å². The van der Waals surface area contributed by atoms with E-state index in [0.29, 0.717) is 35.4 Å². The monoisotopic (exact) mass is 567 g/mol. The summed E-state index contributed by atoms with van der Waals surface area (Å²) in [6.45, 7) is 7.28. The SMILES string of the molecule is CCCC(C)(Oc1ccc(C(=O)CCc2sc(-c3ccc(C(F)(F)F)cc3)nc2C(C)C)cc1Cl)C(=O)O. The molecule has 1 unspecified atom stereocenters. The van der Waals surface area contributed by atoms with Crippen LogP contribution in [0.1, 0.15) is 79.4 Å². The molecule has 0 aliphatic heterocycles. The Bertz CT molecular complexity index is 1300. The van der Waals surface area contributed by atoms with Gasteiger partial charge in [-0.25, -0.2) is 9.78 Å². The fourth-order valence-electron chi connectivity index (χ4n) is 3.97. The average molecular weight is 568 g/mol. The second-order valence-corrected chi connectivity index (χ2v) is 11.0. The van der Waals surface area contributed by atoms with Crippen molar-refractivity contribution in [1.82, 2.24) is 4.98 Å². The Morgan fingerprint density at radius 3 is 2.32 bits per heavy atom. The summed E-state index contributed by atoms with van der Waals surface area (Å²) < 4.78 is 44.4. The van der Waals surface area contributed by atoms with Crippen LogP contribution in [-0.4, -0.2) is 27.4 Å². The van der Waals surface area contributed by atoms with Gasteiger partial charge in [-0.3, -0.25) is 4.79 Å². The first kappa shape index (κ1) is 29.6. The highest BCUT2D eigenvalue weighted by Crippen LogP contribution is 2.36. The van der Waals surface area contributed by atoms with E-state index in [2.05, 4.69) is 4.98 Å². The van der Waals surface area contributed by atoms with Gasteiger partial charge in [-0.2, -0.15) is 13.2 Å². The molecule has 0 bridgehead atoms. The highest BCUT2D eigenvalue weighted by atomic mass is 35.5. The number of nitrogens with zero attached hydrogens (tertiary/aromatic N) is 1. The standard InChI is InChI=1S/C28H29ClF3NO4S/c1-5-14-27(4,26(35)36)37-22-12-8-18(15-20(22)29)21(34)11-13-23-24(16(2)3)33-25(38-23)17-6-9-19(10-7-17)28(30,31)32/h6-10,12,15-16H,5,11,13-14H2,1-4H3,(H,35,36). The Balaban J connectivity index is 1.75. The topological polar surface area (TPSA) is 76.5 Å². The second kappa shape index (κ2) is 11.9. The van der Waals surface area contributed by atoms with E-state index in [1.54, 1.807) is 6.07 Å². The molecule has 0 spiro atoms. The molecule has 1 atom stereocenters. The van der Waals surface area contributed by atoms with Crippen LogP contribution in [0.2, 0.25) is 5.02 Å². The molecule has 1 N–H and O–H groups in total. The van der Waals surface area contributed by atoms with E-state index in [-0.39, 0.29) is 28.9 Å². The van der Waals surface area contributed by atoms with Crippen molar-refractivity contribution in [3.8, 4) is 16.3 Å². The van der Waals surface area contributed by atoms with Crippen molar-refractivity contribution in [3.05, 3.63) is 69.2 Å². The molecular formula is C28H29ClF3NO4S. The smallest absolute Gasteiger partial charge is 0.416 e. The van der Waals surface area contributed by atoms with E-state index in [0.717, 1.165) is 22.7 Å². The molecular weight excluding hydrogens is 539 g/mol. The summed E-state index contributed by atoms with van der Waals surface area (Å²) in [7, 11) is 0. The van der Waals surface area contributed by atoms with Crippen LogP contribution in [0.25, 0.3) is 10.6 Å². The summed E-state index contributed by atoms with van der Waals surface area (Å²) >= 11 is 7.69. The van der Waals surface area contributed by atoms with Gasteiger partial charge in [0.05, 0.1) is 16.3 Å². The molecule has 0 radical (unpaired) electrons. The largest absolute Gasteiger partial charge is 0.478 e. The van der Waals surface area contributed by atoms with Crippen molar-refractivity contribution in [2.45, 2.75) is 71.1 Å². The van der Waals surface area contributed by atoms with Gasteiger partial charge < -0.3 is 9.84 Å². The molecule has 38 heavy (non-hydrogen) atoms. The predicted molar refractivity (Wildman–Crippen MR) is 142 cm³/mol. The maximum absolute atomic E-state index is 13.0. The quantitative estimate of drug-likeness (QED) is 0.235. The number of hydrogen-bond acceptors (Lipinski definition) is 5. The number of hydrogen-bond donors (Lipinski definition) is 1. The third kappa shape index (κ3) is 6.94. The van der Waals surface area contributed by atoms with Gasteiger partial charge in [0.2, 0.25) is 5.60 Å². The summed E-state index contributed by atoms with van der Waals surface area (Å²) in [5.41, 5.74) is -0.396. The normalized spacial score (nSPS) is 13.4. The molecule has 0 saturated carbocycles. The zero-order chi connectivity index (χ0) is 28.3. The van der Waals surface area contributed by atoms with E-state index in [4.69, 9.17) is 16.3 Å².